The Morgan fingerprint density at radius 1 is 1.20 bits per heavy atom. The Hall–Kier alpha value is -1.11. The van der Waals surface area contributed by atoms with Crippen molar-refractivity contribution in [3.63, 3.8) is 0 Å². The second kappa shape index (κ2) is 5.71. The first-order valence-electron chi connectivity index (χ1n) is 5.53. The number of hydrogen-bond donors (Lipinski definition) is 1. The van der Waals surface area contributed by atoms with Crippen LogP contribution in [-0.2, 0) is 10.0 Å². The molecule has 0 aliphatic rings. The molecule has 0 amide bonds. The van der Waals surface area contributed by atoms with E-state index in [1.165, 1.54) is 0 Å². The molecule has 0 radical (unpaired) electrons. The molecule has 2 aromatic carbocycles. The molecular weight excluding hydrogens is 369 g/mol. The third-order valence-electron chi connectivity index (χ3n) is 2.63. The summed E-state index contributed by atoms with van der Waals surface area (Å²) in [4.78, 5) is -0.0915. The average molecular weight is 379 g/mol. The van der Waals surface area contributed by atoms with Crippen molar-refractivity contribution in [1.82, 2.24) is 0 Å². The van der Waals surface area contributed by atoms with E-state index in [9.17, 15) is 12.8 Å². The van der Waals surface area contributed by atoms with Crippen LogP contribution in [0.3, 0.4) is 0 Å². The third-order valence-corrected chi connectivity index (χ3v) is 4.78. The number of anilines is 1. The van der Waals surface area contributed by atoms with Crippen LogP contribution in [0.25, 0.3) is 0 Å². The van der Waals surface area contributed by atoms with E-state index < -0.39 is 15.8 Å². The fourth-order valence-corrected chi connectivity index (χ4v) is 3.47. The molecule has 3 nitrogen and oxygen atoms in total. The molecule has 0 aliphatic heterocycles. The molecule has 0 saturated heterocycles. The van der Waals surface area contributed by atoms with E-state index in [0.717, 1.165) is 28.2 Å². The lowest BCUT2D eigenvalue weighted by atomic mass is 10.2. The lowest BCUT2D eigenvalue weighted by molar-refractivity contribution is 0.599. The van der Waals surface area contributed by atoms with Crippen molar-refractivity contribution in [2.24, 2.45) is 0 Å². The molecule has 20 heavy (non-hydrogen) atoms. The Kier molecular flexibility index (Phi) is 4.36. The maximum absolute atomic E-state index is 13.1. The molecule has 7 heteroatoms. The molecule has 0 saturated carbocycles. The Balaban J connectivity index is 2.38. The third kappa shape index (κ3) is 3.31. The number of benzene rings is 2. The van der Waals surface area contributed by atoms with Crippen molar-refractivity contribution in [2.45, 2.75) is 11.8 Å². The van der Waals surface area contributed by atoms with Gasteiger partial charge in [-0.2, -0.15) is 0 Å². The van der Waals surface area contributed by atoms with Gasteiger partial charge in [-0.15, -0.1) is 0 Å². The zero-order valence-corrected chi connectivity index (χ0v) is 13.5. The first-order valence-corrected chi connectivity index (χ1v) is 8.19. The maximum atomic E-state index is 13.1. The lowest BCUT2D eigenvalue weighted by Crippen LogP contribution is -2.13. The van der Waals surface area contributed by atoms with Gasteiger partial charge in [0.05, 0.1) is 15.6 Å². The summed E-state index contributed by atoms with van der Waals surface area (Å²) in [6.07, 6.45) is 0. The second-order valence-electron chi connectivity index (χ2n) is 4.14. The molecule has 0 aromatic heterocycles. The minimum Gasteiger partial charge on any atom is -0.279 e. The van der Waals surface area contributed by atoms with Gasteiger partial charge in [0.1, 0.15) is 5.82 Å². The van der Waals surface area contributed by atoms with Gasteiger partial charge in [-0.1, -0.05) is 27.5 Å². The fraction of sp³-hybridized carbons (Fsp3) is 0.0769. The Labute approximate surface area is 130 Å². The Bertz CT molecular complexity index is 765. The van der Waals surface area contributed by atoms with Gasteiger partial charge < -0.3 is 0 Å². The number of aryl methyl sites for hydroxylation is 1. The van der Waals surface area contributed by atoms with Gasteiger partial charge in [-0.05, 0) is 48.9 Å². The van der Waals surface area contributed by atoms with Crippen LogP contribution in [-0.4, -0.2) is 8.42 Å². The highest BCUT2D eigenvalue weighted by Crippen LogP contribution is 2.25. The zero-order chi connectivity index (χ0) is 14.9. The molecule has 2 rings (SSSR count). The van der Waals surface area contributed by atoms with E-state index in [-0.39, 0.29) is 9.92 Å². The summed E-state index contributed by atoms with van der Waals surface area (Å²) in [5.74, 6) is -0.662. The van der Waals surface area contributed by atoms with Crippen LogP contribution in [0.5, 0.6) is 0 Å². The van der Waals surface area contributed by atoms with Crippen LogP contribution in [0, 0.1) is 12.7 Å². The van der Waals surface area contributed by atoms with Crippen molar-refractivity contribution >= 4 is 43.2 Å². The fourth-order valence-electron chi connectivity index (χ4n) is 1.59. The van der Waals surface area contributed by atoms with Gasteiger partial charge in [0.2, 0.25) is 0 Å². The van der Waals surface area contributed by atoms with E-state index in [2.05, 4.69) is 20.7 Å². The van der Waals surface area contributed by atoms with Crippen LogP contribution in [0.4, 0.5) is 10.1 Å². The molecule has 0 spiro atoms. The van der Waals surface area contributed by atoms with Crippen molar-refractivity contribution in [2.75, 3.05) is 4.72 Å². The summed E-state index contributed by atoms with van der Waals surface area (Å²) in [6, 6.07) is 8.41. The van der Waals surface area contributed by atoms with Crippen molar-refractivity contribution in [1.29, 1.82) is 0 Å². The highest BCUT2D eigenvalue weighted by molar-refractivity contribution is 9.10. The SMILES string of the molecule is Cc1cc(Br)ccc1NS(=O)(=O)c1ccc(F)c(Cl)c1. The summed E-state index contributed by atoms with van der Waals surface area (Å²) >= 11 is 8.90. The second-order valence-corrected chi connectivity index (χ2v) is 7.15. The summed E-state index contributed by atoms with van der Waals surface area (Å²) < 4.78 is 40.8. The number of hydrogen-bond acceptors (Lipinski definition) is 2. The summed E-state index contributed by atoms with van der Waals surface area (Å²) in [5, 5.41) is -0.236. The highest BCUT2D eigenvalue weighted by Gasteiger charge is 2.17. The van der Waals surface area contributed by atoms with E-state index >= 15 is 0 Å². The standard InChI is InChI=1S/C13H10BrClFNO2S/c1-8-6-9(14)2-5-13(8)17-20(18,19)10-3-4-12(16)11(15)7-10/h2-7,17H,1H3. The molecule has 0 fully saturated rings. The average Bonchev–Trinajstić information content (AvgIpc) is 2.36. The molecule has 0 atom stereocenters. The van der Waals surface area contributed by atoms with Gasteiger partial charge in [0.25, 0.3) is 10.0 Å². The summed E-state index contributed by atoms with van der Waals surface area (Å²) in [6.45, 7) is 1.78. The van der Waals surface area contributed by atoms with Crippen LogP contribution in [0.2, 0.25) is 5.02 Å². The highest BCUT2D eigenvalue weighted by atomic mass is 79.9. The maximum Gasteiger partial charge on any atom is 0.261 e. The van der Waals surface area contributed by atoms with Crippen LogP contribution in [0.1, 0.15) is 5.56 Å². The monoisotopic (exact) mass is 377 g/mol. The smallest absolute Gasteiger partial charge is 0.261 e. The Morgan fingerprint density at radius 3 is 2.50 bits per heavy atom. The van der Waals surface area contributed by atoms with Gasteiger partial charge >= 0.3 is 0 Å². The number of rotatable bonds is 3. The first-order chi connectivity index (χ1) is 9.29. The quantitative estimate of drug-likeness (QED) is 0.863. The molecule has 106 valence electrons. The van der Waals surface area contributed by atoms with Crippen LogP contribution < -0.4 is 4.72 Å². The van der Waals surface area contributed by atoms with Gasteiger partial charge in [0, 0.05) is 4.47 Å². The molecular formula is C13H10BrClFNO2S. The van der Waals surface area contributed by atoms with E-state index in [4.69, 9.17) is 11.6 Å². The van der Waals surface area contributed by atoms with Crippen molar-refractivity contribution < 1.29 is 12.8 Å². The van der Waals surface area contributed by atoms with Gasteiger partial charge in [-0.3, -0.25) is 4.72 Å². The molecule has 2 aromatic rings. The predicted molar refractivity (Wildman–Crippen MR) is 81.1 cm³/mol. The topological polar surface area (TPSA) is 46.2 Å². The van der Waals surface area contributed by atoms with E-state index in [1.807, 2.05) is 0 Å². The minimum atomic E-state index is -3.80. The molecule has 0 heterocycles. The van der Waals surface area contributed by atoms with Crippen LogP contribution >= 0.6 is 27.5 Å². The van der Waals surface area contributed by atoms with Crippen LogP contribution in [0.15, 0.2) is 45.8 Å². The van der Waals surface area contributed by atoms with Crippen molar-refractivity contribution in [3.05, 3.63) is 57.3 Å². The molecule has 0 aliphatic carbocycles. The van der Waals surface area contributed by atoms with E-state index in [0.29, 0.717) is 5.69 Å². The lowest BCUT2D eigenvalue weighted by Gasteiger charge is -2.11. The summed E-state index contributed by atoms with van der Waals surface area (Å²) in [5.41, 5.74) is 1.21. The molecule has 0 bridgehead atoms. The van der Waals surface area contributed by atoms with Gasteiger partial charge in [0.15, 0.2) is 0 Å². The summed E-state index contributed by atoms with van der Waals surface area (Å²) in [7, 11) is -3.80. The first kappa shape index (κ1) is 15.3. The largest absolute Gasteiger partial charge is 0.279 e. The van der Waals surface area contributed by atoms with E-state index in [1.54, 1.807) is 25.1 Å². The molecule has 1 N–H and O–H groups in total. The van der Waals surface area contributed by atoms with Crippen molar-refractivity contribution in [3.8, 4) is 0 Å². The Morgan fingerprint density at radius 2 is 1.90 bits per heavy atom. The van der Waals surface area contributed by atoms with Gasteiger partial charge in [-0.25, -0.2) is 12.8 Å². The minimum absolute atomic E-state index is 0.0915. The normalized spacial score (nSPS) is 11.4. The zero-order valence-electron chi connectivity index (χ0n) is 10.3. The number of nitrogens with one attached hydrogen (secondary N) is 1. The molecule has 0 unspecified atom stereocenters. The number of halogens is 3. The number of sulfonamides is 1. The predicted octanol–water partition coefficient (Wildman–Crippen LogP) is 4.35.